The Balaban J connectivity index is 2.19. The van der Waals surface area contributed by atoms with Crippen LogP contribution in [0.15, 0.2) is 30.3 Å². The van der Waals surface area contributed by atoms with Crippen LogP contribution in [0.3, 0.4) is 0 Å². The minimum absolute atomic E-state index is 0.0476. The first kappa shape index (κ1) is 12.7. The van der Waals surface area contributed by atoms with Gasteiger partial charge in [0.15, 0.2) is 0 Å². The topological polar surface area (TPSA) is 44.9 Å². The van der Waals surface area contributed by atoms with Gasteiger partial charge >= 0.3 is 0 Å². The van der Waals surface area contributed by atoms with Crippen molar-refractivity contribution in [2.24, 2.45) is 5.41 Å². The van der Waals surface area contributed by atoms with Crippen molar-refractivity contribution in [3.05, 3.63) is 36.0 Å². The van der Waals surface area contributed by atoms with Gasteiger partial charge in [0.1, 0.15) is 5.69 Å². The molecule has 96 valence electrons. The minimum Gasteiger partial charge on any atom is -0.351 e. The first-order chi connectivity index (χ1) is 8.38. The van der Waals surface area contributed by atoms with Gasteiger partial charge in [-0.05, 0) is 24.5 Å². The van der Waals surface area contributed by atoms with Crippen molar-refractivity contribution in [3.63, 3.8) is 0 Å². The van der Waals surface area contributed by atoms with Crippen molar-refractivity contribution in [2.45, 2.75) is 33.7 Å². The Hall–Kier alpha value is -1.77. The van der Waals surface area contributed by atoms with Crippen LogP contribution in [0.2, 0.25) is 0 Å². The summed E-state index contributed by atoms with van der Waals surface area (Å²) >= 11 is 0. The van der Waals surface area contributed by atoms with E-state index >= 15 is 0 Å². The van der Waals surface area contributed by atoms with Gasteiger partial charge in [-0.15, -0.1) is 0 Å². The van der Waals surface area contributed by atoms with Crippen molar-refractivity contribution in [1.82, 2.24) is 10.3 Å². The second-order valence-electron chi connectivity index (χ2n) is 5.83. The van der Waals surface area contributed by atoms with E-state index in [0.29, 0.717) is 5.69 Å². The first-order valence-electron chi connectivity index (χ1n) is 6.26. The molecule has 1 aromatic heterocycles. The minimum atomic E-state index is -0.0476. The smallest absolute Gasteiger partial charge is 0.267 e. The van der Waals surface area contributed by atoms with Crippen LogP contribution >= 0.6 is 0 Å². The summed E-state index contributed by atoms with van der Waals surface area (Å²) in [4.78, 5) is 15.3. The Morgan fingerprint density at radius 1 is 1.28 bits per heavy atom. The highest BCUT2D eigenvalue weighted by Crippen LogP contribution is 2.20. The monoisotopic (exact) mass is 244 g/mol. The zero-order chi connectivity index (χ0) is 13.3. The number of carbonyl (C=O) groups is 1. The van der Waals surface area contributed by atoms with Crippen LogP contribution in [-0.4, -0.2) is 16.9 Å². The van der Waals surface area contributed by atoms with E-state index in [1.54, 1.807) is 0 Å². The molecule has 0 saturated carbocycles. The number of aromatic nitrogens is 1. The van der Waals surface area contributed by atoms with Crippen LogP contribution in [-0.2, 0) is 0 Å². The molecule has 3 heteroatoms. The second kappa shape index (κ2) is 4.48. The van der Waals surface area contributed by atoms with Gasteiger partial charge in [-0.2, -0.15) is 0 Å². The lowest BCUT2D eigenvalue weighted by atomic mass is 9.88. The highest BCUT2D eigenvalue weighted by Gasteiger charge is 2.22. The zero-order valence-corrected chi connectivity index (χ0v) is 11.4. The Labute approximate surface area is 108 Å². The number of hydrogen-bond acceptors (Lipinski definition) is 1. The Bertz CT molecular complexity index is 530. The maximum atomic E-state index is 12.1. The van der Waals surface area contributed by atoms with Crippen molar-refractivity contribution >= 4 is 16.8 Å². The van der Waals surface area contributed by atoms with Crippen LogP contribution in [0.25, 0.3) is 10.9 Å². The number of rotatable bonds is 2. The lowest BCUT2D eigenvalue weighted by molar-refractivity contribution is 0.0906. The number of carbonyl (C=O) groups excluding carboxylic acids is 1. The summed E-state index contributed by atoms with van der Waals surface area (Å²) < 4.78 is 0. The molecular formula is C15H20N2O. The number of aromatic amines is 1. The highest BCUT2D eigenvalue weighted by molar-refractivity contribution is 5.98. The van der Waals surface area contributed by atoms with E-state index in [4.69, 9.17) is 0 Å². The summed E-state index contributed by atoms with van der Waals surface area (Å²) in [7, 11) is 0. The molecule has 0 aliphatic heterocycles. The summed E-state index contributed by atoms with van der Waals surface area (Å²) in [5.74, 6) is -0.0476. The summed E-state index contributed by atoms with van der Waals surface area (Å²) in [5, 5.41) is 4.09. The molecule has 18 heavy (non-hydrogen) atoms. The second-order valence-corrected chi connectivity index (χ2v) is 5.83. The lowest BCUT2D eigenvalue weighted by Crippen LogP contribution is -2.41. The van der Waals surface area contributed by atoms with E-state index in [2.05, 4.69) is 31.1 Å². The number of nitrogens with one attached hydrogen (secondary N) is 2. The molecule has 0 spiro atoms. The van der Waals surface area contributed by atoms with Crippen LogP contribution in [0.1, 0.15) is 38.2 Å². The van der Waals surface area contributed by atoms with E-state index in [9.17, 15) is 4.79 Å². The molecule has 0 radical (unpaired) electrons. The van der Waals surface area contributed by atoms with Gasteiger partial charge in [-0.25, -0.2) is 0 Å². The van der Waals surface area contributed by atoms with Crippen LogP contribution in [0, 0.1) is 5.41 Å². The van der Waals surface area contributed by atoms with Gasteiger partial charge < -0.3 is 10.3 Å². The third-order valence-corrected chi connectivity index (χ3v) is 3.42. The van der Waals surface area contributed by atoms with Crippen molar-refractivity contribution < 1.29 is 4.79 Å². The quantitative estimate of drug-likeness (QED) is 0.836. The summed E-state index contributed by atoms with van der Waals surface area (Å²) in [6, 6.07) is 9.90. The largest absolute Gasteiger partial charge is 0.351 e. The zero-order valence-electron chi connectivity index (χ0n) is 11.4. The van der Waals surface area contributed by atoms with Gasteiger partial charge in [0.2, 0.25) is 0 Å². The Morgan fingerprint density at radius 2 is 1.94 bits per heavy atom. The van der Waals surface area contributed by atoms with E-state index in [1.807, 2.05) is 37.3 Å². The molecule has 1 heterocycles. The fraction of sp³-hybridized carbons (Fsp3) is 0.400. The highest BCUT2D eigenvalue weighted by atomic mass is 16.1. The molecule has 3 nitrogen and oxygen atoms in total. The van der Waals surface area contributed by atoms with Crippen molar-refractivity contribution in [3.8, 4) is 0 Å². The average Bonchev–Trinajstić information content (AvgIpc) is 2.71. The molecule has 0 unspecified atom stereocenters. The molecule has 2 aromatic rings. The Morgan fingerprint density at radius 3 is 2.56 bits per heavy atom. The molecule has 0 saturated heterocycles. The normalized spacial score (nSPS) is 13.6. The molecule has 1 aromatic carbocycles. The van der Waals surface area contributed by atoms with E-state index < -0.39 is 0 Å². The van der Waals surface area contributed by atoms with E-state index in [-0.39, 0.29) is 17.4 Å². The lowest BCUT2D eigenvalue weighted by Gasteiger charge is -2.27. The molecule has 0 bridgehead atoms. The third-order valence-electron chi connectivity index (χ3n) is 3.42. The molecule has 1 amide bonds. The number of para-hydroxylation sites is 1. The van der Waals surface area contributed by atoms with Gasteiger partial charge in [0, 0.05) is 16.9 Å². The predicted molar refractivity (Wildman–Crippen MR) is 74.7 cm³/mol. The number of benzene rings is 1. The number of hydrogen-bond donors (Lipinski definition) is 2. The van der Waals surface area contributed by atoms with Gasteiger partial charge in [-0.1, -0.05) is 39.0 Å². The molecule has 1 atom stereocenters. The maximum absolute atomic E-state index is 12.1. The molecule has 2 rings (SSSR count). The van der Waals surface area contributed by atoms with Gasteiger partial charge in [0.05, 0.1) is 0 Å². The molecule has 2 N–H and O–H groups in total. The van der Waals surface area contributed by atoms with Gasteiger partial charge in [-0.3, -0.25) is 4.79 Å². The van der Waals surface area contributed by atoms with Crippen LogP contribution < -0.4 is 5.32 Å². The molecule has 0 aliphatic carbocycles. The first-order valence-corrected chi connectivity index (χ1v) is 6.26. The van der Waals surface area contributed by atoms with E-state index in [0.717, 1.165) is 10.9 Å². The molecular weight excluding hydrogens is 224 g/mol. The third kappa shape index (κ3) is 2.55. The fourth-order valence-electron chi connectivity index (χ4n) is 1.69. The van der Waals surface area contributed by atoms with Gasteiger partial charge in [0.25, 0.3) is 5.91 Å². The van der Waals surface area contributed by atoms with Crippen molar-refractivity contribution in [2.75, 3.05) is 0 Å². The van der Waals surface area contributed by atoms with E-state index in [1.165, 1.54) is 0 Å². The van der Waals surface area contributed by atoms with Crippen molar-refractivity contribution in [1.29, 1.82) is 0 Å². The van der Waals surface area contributed by atoms with Crippen LogP contribution in [0.4, 0.5) is 0 Å². The molecule has 0 aliphatic rings. The fourth-order valence-corrected chi connectivity index (χ4v) is 1.69. The standard InChI is InChI=1S/C15H20N2O/c1-10(15(2,3)4)16-14(18)13-9-11-7-5-6-8-12(11)17-13/h5-10,17H,1-4H3,(H,16,18)/t10-/m1/s1. The summed E-state index contributed by atoms with van der Waals surface area (Å²) in [6.07, 6.45) is 0. The summed E-state index contributed by atoms with van der Waals surface area (Å²) in [6.45, 7) is 8.37. The number of fused-ring (bicyclic) bond motifs is 1. The number of H-pyrrole nitrogens is 1. The molecule has 0 fully saturated rings. The maximum Gasteiger partial charge on any atom is 0.267 e. The Kier molecular flexibility index (Phi) is 3.16. The average molecular weight is 244 g/mol. The van der Waals surface area contributed by atoms with Crippen LogP contribution in [0.5, 0.6) is 0 Å². The summed E-state index contributed by atoms with van der Waals surface area (Å²) in [5.41, 5.74) is 1.67. The SMILES string of the molecule is C[C@@H](NC(=O)c1cc2ccccc2[nH]1)C(C)(C)C. The predicted octanol–water partition coefficient (Wildman–Crippen LogP) is 3.33. The number of amides is 1.